The summed E-state index contributed by atoms with van der Waals surface area (Å²) >= 11 is 0. The van der Waals surface area contributed by atoms with Crippen molar-refractivity contribution < 1.29 is 4.79 Å². The van der Waals surface area contributed by atoms with E-state index in [1.807, 2.05) is 6.07 Å². The van der Waals surface area contributed by atoms with Crippen LogP contribution in [-0.4, -0.2) is 12.5 Å². The van der Waals surface area contributed by atoms with E-state index in [-0.39, 0.29) is 5.91 Å². The van der Waals surface area contributed by atoms with Crippen LogP contribution in [0.25, 0.3) is 0 Å². The Balaban J connectivity index is 2.43. The van der Waals surface area contributed by atoms with Gasteiger partial charge in [-0.15, -0.1) is 0 Å². The van der Waals surface area contributed by atoms with Crippen molar-refractivity contribution in [3.63, 3.8) is 0 Å². The van der Waals surface area contributed by atoms with Crippen LogP contribution in [0.1, 0.15) is 37.4 Å². The summed E-state index contributed by atoms with van der Waals surface area (Å²) in [6.07, 6.45) is 1.93. The maximum atomic E-state index is 12.0. The molecular formula is C13H18N2O. The summed E-state index contributed by atoms with van der Waals surface area (Å²) in [5, 5.41) is 0. The van der Waals surface area contributed by atoms with Crippen molar-refractivity contribution in [1.29, 1.82) is 0 Å². The zero-order valence-electron chi connectivity index (χ0n) is 9.86. The molecule has 3 heteroatoms. The number of hydrogen-bond acceptors (Lipinski definition) is 2. The van der Waals surface area contributed by atoms with Crippen LogP contribution in [0.5, 0.6) is 0 Å². The second-order valence-electron chi connectivity index (χ2n) is 4.21. The molecule has 1 aromatic rings. The molecule has 1 amide bonds. The highest BCUT2D eigenvalue weighted by atomic mass is 16.2. The topological polar surface area (TPSA) is 46.3 Å². The third kappa shape index (κ3) is 1.61. The van der Waals surface area contributed by atoms with E-state index in [2.05, 4.69) is 26.0 Å². The normalized spacial score (nSPS) is 19.1. The minimum atomic E-state index is -0.465. The smallest absolute Gasteiger partial charge is 0.248 e. The van der Waals surface area contributed by atoms with Gasteiger partial charge >= 0.3 is 0 Å². The van der Waals surface area contributed by atoms with Crippen molar-refractivity contribution in [3.8, 4) is 0 Å². The molecule has 0 aromatic heterocycles. The number of fused-ring (bicyclic) bond motifs is 1. The van der Waals surface area contributed by atoms with Gasteiger partial charge in [-0.3, -0.25) is 4.79 Å². The van der Waals surface area contributed by atoms with Crippen LogP contribution in [0.4, 0.5) is 5.69 Å². The van der Waals surface area contributed by atoms with Crippen LogP contribution >= 0.6 is 0 Å². The highest BCUT2D eigenvalue weighted by Gasteiger charge is 2.33. The Kier molecular flexibility index (Phi) is 2.97. The molecule has 1 heterocycles. The van der Waals surface area contributed by atoms with Crippen molar-refractivity contribution in [1.82, 2.24) is 0 Å². The largest absolute Gasteiger partial charge is 0.316 e. The molecule has 0 bridgehead atoms. The Hall–Kier alpha value is -1.35. The average molecular weight is 218 g/mol. The molecule has 86 valence electrons. The molecule has 1 atom stereocenters. The lowest BCUT2D eigenvalue weighted by molar-refractivity contribution is -0.119. The van der Waals surface area contributed by atoms with E-state index in [0.29, 0.717) is 0 Å². The second kappa shape index (κ2) is 4.26. The molecule has 0 saturated heterocycles. The van der Waals surface area contributed by atoms with Crippen LogP contribution in [0.2, 0.25) is 0 Å². The number of nitrogens with zero attached hydrogens (tertiary/aromatic N) is 1. The molecule has 1 aliphatic heterocycles. The molecule has 3 nitrogen and oxygen atoms in total. The number of anilines is 1. The van der Waals surface area contributed by atoms with Gasteiger partial charge in [-0.25, -0.2) is 0 Å². The summed E-state index contributed by atoms with van der Waals surface area (Å²) in [5.41, 5.74) is 9.16. The molecule has 0 aliphatic carbocycles. The van der Waals surface area contributed by atoms with Gasteiger partial charge in [0.25, 0.3) is 0 Å². The summed E-state index contributed by atoms with van der Waals surface area (Å²) < 4.78 is 0. The lowest BCUT2D eigenvalue weighted by atomic mass is 10.0. The van der Waals surface area contributed by atoms with Gasteiger partial charge in [0.2, 0.25) is 5.91 Å². The fraction of sp³-hybridized carbons (Fsp3) is 0.462. The maximum Gasteiger partial charge on any atom is 0.248 e. The van der Waals surface area contributed by atoms with Gasteiger partial charge < -0.3 is 10.6 Å². The van der Waals surface area contributed by atoms with E-state index in [9.17, 15) is 4.79 Å². The number of rotatable bonds is 3. The first-order chi connectivity index (χ1) is 7.69. The molecule has 0 spiro atoms. The van der Waals surface area contributed by atoms with Crippen LogP contribution in [0.3, 0.4) is 0 Å². The standard InChI is InChI=1S/C13H18N2O/c1-3-7-15-11-6-5-9(4-2)8-10(11)12(14)13(15)16/h5-6,8,12H,3-4,7,14H2,1-2H3. The van der Waals surface area contributed by atoms with Crippen LogP contribution in [0.15, 0.2) is 18.2 Å². The van der Waals surface area contributed by atoms with Crippen molar-refractivity contribution >= 4 is 11.6 Å². The zero-order valence-corrected chi connectivity index (χ0v) is 9.86. The van der Waals surface area contributed by atoms with Crippen molar-refractivity contribution in [2.45, 2.75) is 32.7 Å². The van der Waals surface area contributed by atoms with Gasteiger partial charge in [0, 0.05) is 17.8 Å². The minimum absolute atomic E-state index is 0.0325. The van der Waals surface area contributed by atoms with Crippen molar-refractivity contribution in [3.05, 3.63) is 29.3 Å². The van der Waals surface area contributed by atoms with Gasteiger partial charge in [-0.05, 0) is 24.5 Å². The first-order valence-corrected chi connectivity index (χ1v) is 5.88. The van der Waals surface area contributed by atoms with Crippen molar-refractivity contribution in [2.75, 3.05) is 11.4 Å². The number of aryl methyl sites for hydroxylation is 1. The third-order valence-corrected chi connectivity index (χ3v) is 3.11. The predicted octanol–water partition coefficient (Wildman–Crippen LogP) is 2.01. The maximum absolute atomic E-state index is 12.0. The Morgan fingerprint density at radius 2 is 2.12 bits per heavy atom. The molecule has 2 N–H and O–H groups in total. The molecule has 0 fully saturated rings. The van der Waals surface area contributed by atoms with Gasteiger partial charge in [-0.1, -0.05) is 26.0 Å². The first kappa shape index (κ1) is 11.1. The number of carbonyl (C=O) groups is 1. The van der Waals surface area contributed by atoms with Crippen LogP contribution in [-0.2, 0) is 11.2 Å². The average Bonchev–Trinajstić information content (AvgIpc) is 2.54. The fourth-order valence-corrected chi connectivity index (χ4v) is 2.19. The van der Waals surface area contributed by atoms with Crippen LogP contribution in [0, 0.1) is 0 Å². The van der Waals surface area contributed by atoms with E-state index < -0.39 is 6.04 Å². The fourth-order valence-electron chi connectivity index (χ4n) is 2.19. The lowest BCUT2D eigenvalue weighted by Gasteiger charge is -2.16. The summed E-state index contributed by atoms with van der Waals surface area (Å²) in [4.78, 5) is 13.8. The Bertz CT molecular complexity index is 414. The van der Waals surface area contributed by atoms with Crippen LogP contribution < -0.4 is 10.6 Å². The SMILES string of the molecule is CCCN1C(=O)C(N)c2cc(CC)ccc21. The molecule has 0 radical (unpaired) electrons. The van der Waals surface area contributed by atoms with Crippen molar-refractivity contribution in [2.24, 2.45) is 5.73 Å². The van der Waals surface area contributed by atoms with Gasteiger partial charge in [-0.2, -0.15) is 0 Å². The molecular weight excluding hydrogens is 200 g/mol. The van der Waals surface area contributed by atoms with Gasteiger partial charge in [0.15, 0.2) is 0 Å². The quantitative estimate of drug-likeness (QED) is 0.843. The molecule has 1 aromatic carbocycles. The van der Waals surface area contributed by atoms with E-state index in [4.69, 9.17) is 5.73 Å². The Morgan fingerprint density at radius 1 is 1.38 bits per heavy atom. The highest BCUT2D eigenvalue weighted by molar-refractivity contribution is 6.04. The van der Waals surface area contributed by atoms with E-state index in [0.717, 1.165) is 30.6 Å². The zero-order chi connectivity index (χ0) is 11.7. The summed E-state index contributed by atoms with van der Waals surface area (Å²) in [5.74, 6) is 0.0325. The molecule has 16 heavy (non-hydrogen) atoms. The highest BCUT2D eigenvalue weighted by Crippen LogP contribution is 2.35. The lowest BCUT2D eigenvalue weighted by Crippen LogP contribution is -2.32. The first-order valence-electron chi connectivity index (χ1n) is 5.88. The van der Waals surface area contributed by atoms with E-state index >= 15 is 0 Å². The number of hydrogen-bond donors (Lipinski definition) is 1. The summed E-state index contributed by atoms with van der Waals surface area (Å²) in [7, 11) is 0. The number of amides is 1. The Labute approximate surface area is 96.2 Å². The molecule has 1 unspecified atom stereocenters. The third-order valence-electron chi connectivity index (χ3n) is 3.11. The minimum Gasteiger partial charge on any atom is -0.316 e. The summed E-state index contributed by atoms with van der Waals surface area (Å²) in [6.45, 7) is 4.93. The number of benzene rings is 1. The van der Waals surface area contributed by atoms with Gasteiger partial charge in [0.1, 0.15) is 6.04 Å². The summed E-state index contributed by atoms with van der Waals surface area (Å²) in [6, 6.07) is 5.70. The van der Waals surface area contributed by atoms with Gasteiger partial charge in [0.05, 0.1) is 0 Å². The van der Waals surface area contributed by atoms with E-state index in [1.165, 1.54) is 5.56 Å². The number of carbonyl (C=O) groups excluding carboxylic acids is 1. The molecule has 0 saturated carbocycles. The number of nitrogens with two attached hydrogens (primary N) is 1. The molecule has 1 aliphatic rings. The monoisotopic (exact) mass is 218 g/mol. The van der Waals surface area contributed by atoms with E-state index in [1.54, 1.807) is 4.90 Å². The molecule has 2 rings (SSSR count). The Morgan fingerprint density at radius 3 is 2.75 bits per heavy atom. The second-order valence-corrected chi connectivity index (χ2v) is 4.21. The predicted molar refractivity (Wildman–Crippen MR) is 65.4 cm³/mol.